The van der Waals surface area contributed by atoms with Crippen molar-refractivity contribution >= 4 is 17.6 Å². The lowest BCUT2D eigenvalue weighted by molar-refractivity contribution is -0.144. The number of halogens is 3. The molecule has 1 unspecified atom stereocenters. The number of hydrogen-bond acceptors (Lipinski definition) is 6. The minimum Gasteiger partial charge on any atom is -0.481 e. The molecule has 0 saturated heterocycles. The lowest BCUT2D eigenvalue weighted by Crippen LogP contribution is -2.36. The summed E-state index contributed by atoms with van der Waals surface area (Å²) in [5.41, 5.74) is 0.212. The predicted molar refractivity (Wildman–Crippen MR) is 121 cm³/mol. The molecule has 2 aromatic heterocycles. The summed E-state index contributed by atoms with van der Waals surface area (Å²) in [6.07, 6.45) is 1.95. The molecular formula is C24H26F3N5O3. The Morgan fingerprint density at radius 1 is 1.11 bits per heavy atom. The van der Waals surface area contributed by atoms with Crippen molar-refractivity contribution in [1.82, 2.24) is 19.5 Å². The van der Waals surface area contributed by atoms with Gasteiger partial charge in [-0.2, -0.15) is 13.2 Å². The molecule has 11 heteroatoms. The van der Waals surface area contributed by atoms with Crippen molar-refractivity contribution in [2.24, 2.45) is 11.8 Å². The number of carboxylic acid groups (broad SMARTS) is 1. The second-order valence-corrected chi connectivity index (χ2v) is 9.15. The zero-order chi connectivity index (χ0) is 25.4. The Kier molecular flexibility index (Phi) is 6.54. The summed E-state index contributed by atoms with van der Waals surface area (Å²) in [7, 11) is 0. The normalized spacial score (nSPS) is 20.3. The number of carbonyl (C=O) groups is 1. The van der Waals surface area contributed by atoms with E-state index in [4.69, 9.17) is 0 Å². The molecule has 1 aliphatic rings. The third-order valence-corrected chi connectivity index (χ3v) is 6.53. The van der Waals surface area contributed by atoms with Crippen molar-refractivity contribution in [2.75, 3.05) is 5.32 Å². The van der Waals surface area contributed by atoms with E-state index in [2.05, 4.69) is 20.3 Å². The van der Waals surface area contributed by atoms with Gasteiger partial charge in [0.2, 0.25) is 5.95 Å². The van der Waals surface area contributed by atoms with E-state index < -0.39 is 23.4 Å². The number of aliphatic hydroxyl groups is 1. The molecule has 0 radical (unpaired) electrons. The number of rotatable bonds is 6. The van der Waals surface area contributed by atoms with Crippen molar-refractivity contribution < 1.29 is 28.2 Å². The fourth-order valence-electron chi connectivity index (χ4n) is 4.53. The van der Waals surface area contributed by atoms with E-state index >= 15 is 0 Å². The second kappa shape index (κ2) is 9.29. The molecule has 2 heterocycles. The van der Waals surface area contributed by atoms with Crippen LogP contribution in [0.2, 0.25) is 0 Å². The van der Waals surface area contributed by atoms with E-state index in [1.807, 2.05) is 13.0 Å². The number of aliphatic carboxylic acids is 1. The Balaban J connectivity index is 1.54. The summed E-state index contributed by atoms with van der Waals surface area (Å²) in [5.74, 6) is -1.47. The Morgan fingerprint density at radius 2 is 1.83 bits per heavy atom. The molecule has 0 spiro atoms. The molecule has 1 atom stereocenters. The highest BCUT2D eigenvalue weighted by Gasteiger charge is 2.39. The van der Waals surface area contributed by atoms with Gasteiger partial charge in [-0.05, 0) is 75.3 Å². The van der Waals surface area contributed by atoms with Crippen LogP contribution in [-0.2, 0) is 16.6 Å². The smallest absolute Gasteiger partial charge is 0.433 e. The van der Waals surface area contributed by atoms with Crippen LogP contribution >= 0.6 is 0 Å². The number of imidazole rings is 1. The van der Waals surface area contributed by atoms with Gasteiger partial charge in [0.15, 0.2) is 0 Å². The monoisotopic (exact) mass is 489 g/mol. The van der Waals surface area contributed by atoms with Crippen molar-refractivity contribution in [3.63, 3.8) is 0 Å². The summed E-state index contributed by atoms with van der Waals surface area (Å²) >= 11 is 0. The number of carboxylic acids is 1. The molecule has 186 valence electrons. The van der Waals surface area contributed by atoms with E-state index in [0.29, 0.717) is 42.8 Å². The van der Waals surface area contributed by atoms with Gasteiger partial charge in [-0.25, -0.2) is 15.0 Å². The van der Waals surface area contributed by atoms with Crippen molar-refractivity contribution in [2.45, 2.75) is 51.3 Å². The largest absolute Gasteiger partial charge is 0.481 e. The van der Waals surface area contributed by atoms with Gasteiger partial charge in [0.1, 0.15) is 11.3 Å². The molecule has 1 fully saturated rings. The first-order valence-corrected chi connectivity index (χ1v) is 11.2. The maximum atomic E-state index is 13.0. The average Bonchev–Trinajstić information content (AvgIpc) is 3.30. The standard InChI is InChI=1S/C24H26F3N5O3/c1-14-9-17(30-22-28-8-7-19(31-22)24(25,26)27)11-18(10-14)32-12-20(29-13-32)23(2,35)16-5-3-15(4-6-16)21(33)34/h7-13,15-16,35H,3-6H2,1-2H3,(H,33,34)(H,28,30,31)/t15-,16-,23?. The summed E-state index contributed by atoms with van der Waals surface area (Å²) in [5, 5.41) is 23.3. The number of aromatic nitrogens is 4. The molecule has 3 N–H and O–H groups in total. The third kappa shape index (κ3) is 5.45. The first-order valence-electron chi connectivity index (χ1n) is 11.2. The predicted octanol–water partition coefficient (Wildman–Crippen LogP) is 4.83. The summed E-state index contributed by atoms with van der Waals surface area (Å²) in [6.45, 7) is 3.54. The topological polar surface area (TPSA) is 113 Å². The van der Waals surface area contributed by atoms with Crippen molar-refractivity contribution in [3.05, 3.63) is 59.9 Å². The van der Waals surface area contributed by atoms with Crippen LogP contribution in [-0.4, -0.2) is 35.7 Å². The minimum absolute atomic E-state index is 0.116. The van der Waals surface area contributed by atoms with Gasteiger partial charge in [0, 0.05) is 23.8 Å². The molecule has 4 rings (SSSR count). The van der Waals surface area contributed by atoms with Gasteiger partial charge in [0.05, 0.1) is 17.9 Å². The number of nitrogens with zero attached hydrogens (tertiary/aromatic N) is 4. The number of nitrogens with one attached hydrogen (secondary N) is 1. The summed E-state index contributed by atoms with van der Waals surface area (Å²) in [4.78, 5) is 23.0. The molecule has 35 heavy (non-hydrogen) atoms. The van der Waals surface area contributed by atoms with Crippen LogP contribution in [0.1, 0.15) is 49.6 Å². The zero-order valence-electron chi connectivity index (χ0n) is 19.3. The number of aryl methyl sites for hydroxylation is 1. The quantitative estimate of drug-likeness (QED) is 0.454. The third-order valence-electron chi connectivity index (χ3n) is 6.53. The van der Waals surface area contributed by atoms with Gasteiger partial charge in [-0.15, -0.1) is 0 Å². The molecular weight excluding hydrogens is 463 g/mol. The van der Waals surface area contributed by atoms with E-state index in [-0.39, 0.29) is 17.8 Å². The second-order valence-electron chi connectivity index (χ2n) is 9.15. The van der Waals surface area contributed by atoms with Gasteiger partial charge < -0.3 is 20.1 Å². The van der Waals surface area contributed by atoms with Crippen molar-refractivity contribution in [3.8, 4) is 5.69 Å². The fourth-order valence-corrected chi connectivity index (χ4v) is 4.53. The van der Waals surface area contributed by atoms with E-state index in [1.165, 1.54) is 0 Å². The van der Waals surface area contributed by atoms with Crippen LogP contribution in [0.25, 0.3) is 5.69 Å². The minimum atomic E-state index is -4.58. The highest BCUT2D eigenvalue weighted by atomic mass is 19.4. The molecule has 0 amide bonds. The molecule has 1 aliphatic carbocycles. The van der Waals surface area contributed by atoms with E-state index in [1.54, 1.807) is 36.1 Å². The lowest BCUT2D eigenvalue weighted by atomic mass is 9.73. The maximum Gasteiger partial charge on any atom is 0.433 e. The van der Waals surface area contributed by atoms with Gasteiger partial charge in [0.25, 0.3) is 0 Å². The Hall–Kier alpha value is -3.47. The number of benzene rings is 1. The van der Waals surface area contributed by atoms with Gasteiger partial charge >= 0.3 is 12.1 Å². The molecule has 8 nitrogen and oxygen atoms in total. The van der Waals surface area contributed by atoms with Crippen molar-refractivity contribution in [1.29, 1.82) is 0 Å². The Morgan fingerprint density at radius 3 is 2.49 bits per heavy atom. The van der Waals surface area contributed by atoms with Gasteiger partial charge in [-0.1, -0.05) is 0 Å². The van der Waals surface area contributed by atoms with E-state index in [9.17, 15) is 28.2 Å². The first kappa shape index (κ1) is 24.6. The molecule has 0 bridgehead atoms. The molecule has 3 aromatic rings. The van der Waals surface area contributed by atoms with Crippen LogP contribution in [0.5, 0.6) is 0 Å². The van der Waals surface area contributed by atoms with Crippen LogP contribution in [0.15, 0.2) is 43.0 Å². The average molecular weight is 489 g/mol. The highest BCUT2D eigenvalue weighted by molar-refractivity contribution is 5.70. The summed E-state index contributed by atoms with van der Waals surface area (Å²) in [6, 6.07) is 6.15. The molecule has 1 saturated carbocycles. The summed E-state index contributed by atoms with van der Waals surface area (Å²) < 4.78 is 40.6. The van der Waals surface area contributed by atoms with Crippen LogP contribution < -0.4 is 5.32 Å². The Bertz CT molecular complexity index is 1220. The SMILES string of the molecule is Cc1cc(Nc2nccc(C(F)(F)F)n2)cc(-n2cnc(C(C)(O)[C@H]3CC[C@H](C(=O)O)CC3)c2)c1. The van der Waals surface area contributed by atoms with Crippen LogP contribution in [0, 0.1) is 18.8 Å². The zero-order valence-corrected chi connectivity index (χ0v) is 19.3. The van der Waals surface area contributed by atoms with E-state index in [0.717, 1.165) is 17.8 Å². The first-order chi connectivity index (χ1) is 16.4. The molecule has 1 aromatic carbocycles. The lowest BCUT2D eigenvalue weighted by Gasteiger charge is -2.36. The molecule has 0 aliphatic heterocycles. The number of alkyl halides is 3. The number of anilines is 2. The van der Waals surface area contributed by atoms with Gasteiger partial charge in [-0.3, -0.25) is 4.79 Å². The number of hydrogen-bond donors (Lipinski definition) is 3. The van der Waals surface area contributed by atoms with Crippen LogP contribution in [0.4, 0.5) is 24.8 Å². The maximum absolute atomic E-state index is 13.0. The fraction of sp³-hybridized carbons (Fsp3) is 0.417. The van der Waals surface area contributed by atoms with Crippen LogP contribution in [0.3, 0.4) is 0 Å². The Labute approximate surface area is 199 Å². The highest BCUT2D eigenvalue weighted by Crippen LogP contribution is 2.40.